The number of nitrogens with one attached hydrogen (secondary N) is 3. The molecule has 0 saturated carbocycles. The standard InChI is InChI=1S/C26H28Cl2N4O4S.H2O/c27-24-11-8-20(14-25(24)28)17-32-12-13-36-22(18-32)16-30-26(33)29-15-19-6-9-21(10-7-19)31-37(34,35)23-4-2-1-3-5-23;/h1-11,14,22,31H,12-13,15-18H2,(H2,29,30,33);1H2/t22-;/m0./s1. The van der Waals surface area contributed by atoms with Crippen LogP contribution in [-0.4, -0.2) is 57.2 Å². The first-order valence-corrected chi connectivity index (χ1v) is 14.0. The Morgan fingerprint density at radius 2 is 1.66 bits per heavy atom. The number of nitrogens with zero attached hydrogens (tertiary/aromatic N) is 1. The van der Waals surface area contributed by atoms with Gasteiger partial charge in [-0.3, -0.25) is 9.62 Å². The Kier molecular flexibility index (Phi) is 10.8. The number of benzene rings is 3. The SMILES string of the molecule is O.O=C(NCc1ccc(NS(=O)(=O)c2ccccc2)cc1)NC[C@H]1CN(Cc2ccc(Cl)c(Cl)c2)CCO1. The second kappa shape index (κ2) is 13.8. The van der Waals surface area contributed by atoms with Crippen LogP contribution in [0.25, 0.3) is 0 Å². The van der Waals surface area contributed by atoms with E-state index in [0.717, 1.165) is 24.2 Å². The highest BCUT2D eigenvalue weighted by molar-refractivity contribution is 7.92. The number of hydrogen-bond donors (Lipinski definition) is 3. The molecular weight excluding hydrogens is 551 g/mol. The van der Waals surface area contributed by atoms with Crippen LogP contribution in [0.5, 0.6) is 0 Å². The van der Waals surface area contributed by atoms with Crippen molar-refractivity contribution in [2.75, 3.05) is 31.0 Å². The third kappa shape index (κ3) is 8.59. The van der Waals surface area contributed by atoms with Crippen molar-refractivity contribution >= 4 is 44.9 Å². The van der Waals surface area contributed by atoms with Crippen molar-refractivity contribution in [3.8, 4) is 0 Å². The van der Waals surface area contributed by atoms with Crippen molar-refractivity contribution in [1.82, 2.24) is 15.5 Å². The van der Waals surface area contributed by atoms with Crippen molar-refractivity contribution < 1.29 is 23.4 Å². The summed E-state index contributed by atoms with van der Waals surface area (Å²) in [5.41, 5.74) is 2.34. The Balaban J connectivity index is 0.00000400. The summed E-state index contributed by atoms with van der Waals surface area (Å²) in [6, 6.07) is 20.3. The average Bonchev–Trinajstić information content (AvgIpc) is 2.90. The first-order valence-electron chi connectivity index (χ1n) is 11.7. The van der Waals surface area contributed by atoms with Gasteiger partial charge >= 0.3 is 6.03 Å². The molecular formula is C26H30Cl2N4O5S. The fraction of sp³-hybridized carbons (Fsp3) is 0.269. The average molecular weight is 582 g/mol. The monoisotopic (exact) mass is 580 g/mol. The van der Waals surface area contributed by atoms with E-state index in [2.05, 4.69) is 20.3 Å². The van der Waals surface area contributed by atoms with E-state index in [0.29, 0.717) is 42.0 Å². The lowest BCUT2D eigenvalue weighted by Gasteiger charge is -2.33. The largest absolute Gasteiger partial charge is 0.412 e. The molecule has 1 heterocycles. The zero-order valence-electron chi connectivity index (χ0n) is 20.5. The summed E-state index contributed by atoms with van der Waals surface area (Å²) in [6.45, 7) is 3.45. The minimum atomic E-state index is -3.65. The van der Waals surface area contributed by atoms with Crippen LogP contribution in [0.4, 0.5) is 10.5 Å². The van der Waals surface area contributed by atoms with Crippen LogP contribution in [0, 0.1) is 0 Å². The first-order chi connectivity index (χ1) is 17.8. The maximum atomic E-state index is 12.4. The maximum absolute atomic E-state index is 12.4. The molecule has 1 saturated heterocycles. The summed E-state index contributed by atoms with van der Waals surface area (Å²) in [6.07, 6.45) is -0.126. The second-order valence-corrected chi connectivity index (χ2v) is 11.2. The van der Waals surface area contributed by atoms with Crippen molar-refractivity contribution in [1.29, 1.82) is 0 Å². The predicted molar refractivity (Wildman–Crippen MR) is 149 cm³/mol. The maximum Gasteiger partial charge on any atom is 0.315 e. The fourth-order valence-electron chi connectivity index (χ4n) is 3.90. The van der Waals surface area contributed by atoms with E-state index in [-0.39, 0.29) is 22.5 Å². The van der Waals surface area contributed by atoms with E-state index in [1.165, 1.54) is 12.1 Å². The number of carbonyl (C=O) groups is 1. The van der Waals surface area contributed by atoms with Crippen LogP contribution in [-0.2, 0) is 27.8 Å². The number of morpholine rings is 1. The van der Waals surface area contributed by atoms with Crippen LogP contribution in [0.1, 0.15) is 11.1 Å². The van der Waals surface area contributed by atoms with Gasteiger partial charge in [-0.1, -0.05) is 59.6 Å². The molecule has 0 aliphatic carbocycles. The Morgan fingerprint density at radius 3 is 2.37 bits per heavy atom. The molecule has 9 nitrogen and oxygen atoms in total. The van der Waals surface area contributed by atoms with Crippen LogP contribution in [0.15, 0.2) is 77.7 Å². The van der Waals surface area contributed by atoms with Crippen LogP contribution in [0.3, 0.4) is 0 Å². The number of anilines is 1. The molecule has 1 aliphatic heterocycles. The second-order valence-electron chi connectivity index (χ2n) is 8.66. The van der Waals surface area contributed by atoms with Gasteiger partial charge in [0.1, 0.15) is 0 Å². The summed E-state index contributed by atoms with van der Waals surface area (Å²) < 4.78 is 33.2. The van der Waals surface area contributed by atoms with Gasteiger partial charge in [-0.25, -0.2) is 13.2 Å². The minimum Gasteiger partial charge on any atom is -0.412 e. The molecule has 0 aromatic heterocycles. The highest BCUT2D eigenvalue weighted by atomic mass is 35.5. The van der Waals surface area contributed by atoms with Gasteiger partial charge in [-0.2, -0.15) is 0 Å². The van der Waals surface area contributed by atoms with Gasteiger partial charge < -0.3 is 20.8 Å². The number of carbonyl (C=O) groups excluding carboxylic acids is 1. The molecule has 5 N–H and O–H groups in total. The van der Waals surface area contributed by atoms with E-state index in [1.807, 2.05) is 12.1 Å². The highest BCUT2D eigenvalue weighted by Gasteiger charge is 2.21. The molecule has 0 bridgehead atoms. The van der Waals surface area contributed by atoms with Crippen molar-refractivity contribution in [3.05, 3.63) is 94.0 Å². The molecule has 0 unspecified atom stereocenters. The zero-order valence-corrected chi connectivity index (χ0v) is 22.8. The molecule has 12 heteroatoms. The quantitative estimate of drug-likeness (QED) is 0.355. The Labute approximate surface area is 232 Å². The van der Waals surface area contributed by atoms with Gasteiger partial charge in [0.2, 0.25) is 0 Å². The summed E-state index contributed by atoms with van der Waals surface area (Å²) in [7, 11) is -3.65. The molecule has 3 aromatic carbocycles. The molecule has 0 radical (unpaired) electrons. The number of rotatable bonds is 9. The van der Waals surface area contributed by atoms with Gasteiger partial charge in [0.05, 0.1) is 27.7 Å². The van der Waals surface area contributed by atoms with E-state index < -0.39 is 10.0 Å². The molecule has 204 valence electrons. The van der Waals surface area contributed by atoms with E-state index in [9.17, 15) is 13.2 Å². The van der Waals surface area contributed by atoms with E-state index >= 15 is 0 Å². The molecule has 2 amide bonds. The number of halogens is 2. The molecule has 1 aliphatic rings. The van der Waals surface area contributed by atoms with Crippen molar-refractivity contribution in [2.45, 2.75) is 24.1 Å². The summed E-state index contributed by atoms with van der Waals surface area (Å²) in [5, 5.41) is 6.73. The summed E-state index contributed by atoms with van der Waals surface area (Å²) >= 11 is 12.1. The summed E-state index contributed by atoms with van der Waals surface area (Å²) in [5.74, 6) is 0. The number of amides is 2. The van der Waals surface area contributed by atoms with Crippen molar-refractivity contribution in [2.24, 2.45) is 0 Å². The minimum absolute atomic E-state index is 0. The lowest BCUT2D eigenvalue weighted by molar-refractivity contribution is -0.0287. The lowest BCUT2D eigenvalue weighted by atomic mass is 10.2. The highest BCUT2D eigenvalue weighted by Crippen LogP contribution is 2.23. The smallest absolute Gasteiger partial charge is 0.315 e. The Morgan fingerprint density at radius 1 is 0.947 bits per heavy atom. The normalized spacial score (nSPS) is 15.8. The van der Waals surface area contributed by atoms with Gasteiger partial charge in [-0.05, 0) is 47.5 Å². The Hall–Kier alpha value is -2.86. The number of hydrogen-bond acceptors (Lipinski definition) is 5. The fourth-order valence-corrected chi connectivity index (χ4v) is 5.30. The van der Waals surface area contributed by atoms with Gasteiger partial charge in [0.15, 0.2) is 0 Å². The van der Waals surface area contributed by atoms with Crippen LogP contribution < -0.4 is 15.4 Å². The zero-order chi connectivity index (χ0) is 26.3. The molecule has 38 heavy (non-hydrogen) atoms. The molecule has 0 spiro atoms. The van der Waals surface area contributed by atoms with E-state index in [4.69, 9.17) is 27.9 Å². The summed E-state index contributed by atoms with van der Waals surface area (Å²) in [4.78, 5) is 14.7. The molecule has 1 atom stereocenters. The molecule has 4 rings (SSSR count). The first kappa shape index (κ1) is 29.7. The number of sulfonamides is 1. The van der Waals surface area contributed by atoms with Crippen LogP contribution in [0.2, 0.25) is 10.0 Å². The predicted octanol–water partition coefficient (Wildman–Crippen LogP) is 3.67. The van der Waals surface area contributed by atoms with Gasteiger partial charge in [0.25, 0.3) is 10.0 Å². The van der Waals surface area contributed by atoms with Crippen molar-refractivity contribution in [3.63, 3.8) is 0 Å². The van der Waals surface area contributed by atoms with Gasteiger partial charge in [-0.15, -0.1) is 0 Å². The topological polar surface area (TPSA) is 131 Å². The van der Waals surface area contributed by atoms with Gasteiger partial charge in [0, 0.05) is 38.4 Å². The third-order valence-corrected chi connectivity index (χ3v) is 7.95. The number of ether oxygens (including phenoxy) is 1. The third-order valence-electron chi connectivity index (χ3n) is 5.82. The van der Waals surface area contributed by atoms with E-state index in [1.54, 1.807) is 48.5 Å². The Bertz CT molecular complexity index is 1310. The van der Waals surface area contributed by atoms with Crippen LogP contribution >= 0.6 is 23.2 Å². The lowest BCUT2D eigenvalue weighted by Crippen LogP contribution is -2.48. The molecule has 3 aromatic rings. The molecule has 1 fully saturated rings. The number of urea groups is 1.